The number of hydrogen-bond donors (Lipinski definition) is 1. The molecule has 2 saturated carbocycles. The molecule has 0 radical (unpaired) electrons. The Labute approximate surface area is 118 Å². The minimum absolute atomic E-state index is 0.227. The number of nitrogens with one attached hydrogen (secondary N) is 1. The van der Waals surface area contributed by atoms with E-state index in [0.717, 1.165) is 25.3 Å². The zero-order chi connectivity index (χ0) is 13.9. The van der Waals surface area contributed by atoms with Crippen LogP contribution in [0.15, 0.2) is 0 Å². The van der Waals surface area contributed by atoms with Crippen molar-refractivity contribution in [2.24, 2.45) is 5.92 Å². The van der Waals surface area contributed by atoms with Crippen molar-refractivity contribution < 1.29 is 0 Å². The fourth-order valence-electron chi connectivity index (χ4n) is 3.28. The third-order valence-corrected chi connectivity index (χ3v) is 4.93. The molecule has 1 N–H and O–H groups in total. The van der Waals surface area contributed by atoms with Crippen LogP contribution in [0.2, 0.25) is 0 Å². The van der Waals surface area contributed by atoms with Gasteiger partial charge >= 0.3 is 0 Å². The molecular weight excluding hydrogens is 234 g/mol. The molecule has 19 heavy (non-hydrogen) atoms. The topological polar surface area (TPSA) is 39.1 Å². The van der Waals surface area contributed by atoms with E-state index in [9.17, 15) is 5.26 Å². The Balaban J connectivity index is 1.92. The molecule has 2 aliphatic rings. The lowest BCUT2D eigenvalue weighted by Crippen LogP contribution is -2.45. The van der Waals surface area contributed by atoms with E-state index in [1.165, 1.54) is 32.2 Å². The minimum atomic E-state index is -0.227. The van der Waals surface area contributed by atoms with Crippen LogP contribution < -0.4 is 5.32 Å². The Bertz CT molecular complexity index is 331. The molecule has 2 rings (SSSR count). The van der Waals surface area contributed by atoms with Crippen LogP contribution >= 0.6 is 0 Å². The van der Waals surface area contributed by atoms with Gasteiger partial charge in [-0.1, -0.05) is 27.2 Å². The molecule has 3 nitrogen and oxygen atoms in total. The van der Waals surface area contributed by atoms with Gasteiger partial charge in [-0.05, 0) is 44.6 Å². The number of nitrogens with zero attached hydrogens (tertiary/aromatic N) is 2. The Morgan fingerprint density at radius 3 is 2.63 bits per heavy atom. The molecule has 3 atom stereocenters. The van der Waals surface area contributed by atoms with Crippen LogP contribution in [-0.4, -0.2) is 35.6 Å². The van der Waals surface area contributed by atoms with Crippen LogP contribution in [0.4, 0.5) is 0 Å². The molecule has 0 aromatic heterocycles. The summed E-state index contributed by atoms with van der Waals surface area (Å²) in [5.41, 5.74) is -0.227. The van der Waals surface area contributed by atoms with Crippen molar-refractivity contribution in [2.45, 2.75) is 76.9 Å². The first-order chi connectivity index (χ1) is 9.12. The zero-order valence-corrected chi connectivity index (χ0v) is 12.8. The Kier molecular flexibility index (Phi) is 4.86. The van der Waals surface area contributed by atoms with E-state index in [4.69, 9.17) is 0 Å². The van der Waals surface area contributed by atoms with E-state index >= 15 is 0 Å². The Morgan fingerprint density at radius 2 is 2.11 bits per heavy atom. The van der Waals surface area contributed by atoms with Crippen molar-refractivity contribution in [3.05, 3.63) is 0 Å². The van der Waals surface area contributed by atoms with E-state index in [2.05, 4.69) is 37.1 Å². The lowest BCUT2D eigenvalue weighted by Gasteiger charge is -2.31. The van der Waals surface area contributed by atoms with Crippen LogP contribution in [0, 0.1) is 17.2 Å². The largest absolute Gasteiger partial charge is 0.300 e. The lowest BCUT2D eigenvalue weighted by atomic mass is 9.98. The molecule has 0 amide bonds. The first-order valence-electron chi connectivity index (χ1n) is 8.05. The van der Waals surface area contributed by atoms with Gasteiger partial charge in [0.05, 0.1) is 6.07 Å². The molecule has 0 spiro atoms. The molecule has 2 aliphatic carbocycles. The maximum Gasteiger partial charge on any atom is 0.108 e. The summed E-state index contributed by atoms with van der Waals surface area (Å²) in [5.74, 6) is 0.758. The SMILES string of the molecule is CCC(C)CN(CC)C1CCC(C#N)(NC2CC2)C1. The number of hydrogen-bond acceptors (Lipinski definition) is 3. The summed E-state index contributed by atoms with van der Waals surface area (Å²) in [6.07, 6.45) is 6.99. The van der Waals surface area contributed by atoms with Gasteiger partial charge in [0, 0.05) is 18.6 Å². The normalized spacial score (nSPS) is 32.5. The van der Waals surface area contributed by atoms with Crippen molar-refractivity contribution in [3.8, 4) is 6.07 Å². The summed E-state index contributed by atoms with van der Waals surface area (Å²) in [6, 6.07) is 3.82. The summed E-state index contributed by atoms with van der Waals surface area (Å²) < 4.78 is 0. The number of nitriles is 1. The standard InChI is InChI=1S/C16H29N3/c1-4-13(3)11-19(5-2)15-8-9-16(10-15,12-17)18-14-6-7-14/h13-15,18H,4-11H2,1-3H3. The second-order valence-corrected chi connectivity index (χ2v) is 6.61. The van der Waals surface area contributed by atoms with E-state index in [0.29, 0.717) is 12.1 Å². The summed E-state index contributed by atoms with van der Waals surface area (Å²) >= 11 is 0. The van der Waals surface area contributed by atoms with Crippen LogP contribution in [0.25, 0.3) is 0 Å². The molecular formula is C16H29N3. The van der Waals surface area contributed by atoms with E-state index < -0.39 is 0 Å². The highest BCUT2D eigenvalue weighted by Crippen LogP contribution is 2.36. The maximum atomic E-state index is 9.56. The van der Waals surface area contributed by atoms with Crippen molar-refractivity contribution in [2.75, 3.05) is 13.1 Å². The third-order valence-electron chi connectivity index (χ3n) is 4.93. The van der Waals surface area contributed by atoms with Crippen LogP contribution in [-0.2, 0) is 0 Å². The maximum absolute atomic E-state index is 9.56. The predicted molar refractivity (Wildman–Crippen MR) is 78.8 cm³/mol. The van der Waals surface area contributed by atoms with E-state index in [-0.39, 0.29) is 5.54 Å². The Hall–Kier alpha value is -0.590. The van der Waals surface area contributed by atoms with Gasteiger partial charge in [0.25, 0.3) is 0 Å². The van der Waals surface area contributed by atoms with Gasteiger partial charge in [0.1, 0.15) is 5.54 Å². The quantitative estimate of drug-likeness (QED) is 0.767. The molecule has 108 valence electrons. The van der Waals surface area contributed by atoms with Gasteiger partial charge < -0.3 is 4.90 Å². The fourth-order valence-corrected chi connectivity index (χ4v) is 3.28. The van der Waals surface area contributed by atoms with Gasteiger partial charge in [0.2, 0.25) is 0 Å². The second kappa shape index (κ2) is 6.24. The molecule has 0 saturated heterocycles. The molecule has 0 heterocycles. The fraction of sp³-hybridized carbons (Fsp3) is 0.938. The van der Waals surface area contributed by atoms with Crippen LogP contribution in [0.1, 0.15) is 59.3 Å². The third kappa shape index (κ3) is 3.70. The highest BCUT2D eigenvalue weighted by atomic mass is 15.2. The summed E-state index contributed by atoms with van der Waals surface area (Å²) in [4.78, 5) is 2.60. The van der Waals surface area contributed by atoms with Gasteiger partial charge in [-0.15, -0.1) is 0 Å². The second-order valence-electron chi connectivity index (χ2n) is 6.61. The molecule has 0 aromatic rings. The Morgan fingerprint density at radius 1 is 1.37 bits per heavy atom. The molecule has 0 bridgehead atoms. The highest BCUT2D eigenvalue weighted by molar-refractivity contribution is 5.15. The van der Waals surface area contributed by atoms with E-state index in [1.807, 2.05) is 0 Å². The van der Waals surface area contributed by atoms with Gasteiger partial charge in [-0.2, -0.15) is 5.26 Å². The summed E-state index contributed by atoms with van der Waals surface area (Å²) in [5, 5.41) is 13.2. The zero-order valence-electron chi connectivity index (χ0n) is 12.8. The molecule has 0 aromatic carbocycles. The highest BCUT2D eigenvalue weighted by Gasteiger charge is 2.44. The van der Waals surface area contributed by atoms with E-state index in [1.54, 1.807) is 0 Å². The van der Waals surface area contributed by atoms with Crippen LogP contribution in [0.5, 0.6) is 0 Å². The minimum Gasteiger partial charge on any atom is -0.300 e. The van der Waals surface area contributed by atoms with Crippen molar-refractivity contribution in [1.29, 1.82) is 5.26 Å². The number of rotatable bonds is 7. The van der Waals surface area contributed by atoms with Crippen molar-refractivity contribution in [1.82, 2.24) is 10.2 Å². The lowest BCUT2D eigenvalue weighted by molar-refractivity contribution is 0.174. The monoisotopic (exact) mass is 263 g/mol. The smallest absolute Gasteiger partial charge is 0.108 e. The summed E-state index contributed by atoms with van der Waals surface area (Å²) in [6.45, 7) is 9.14. The first kappa shape index (κ1) is 14.8. The average Bonchev–Trinajstić information content (AvgIpc) is 3.13. The summed E-state index contributed by atoms with van der Waals surface area (Å²) in [7, 11) is 0. The molecule has 2 fully saturated rings. The van der Waals surface area contributed by atoms with Crippen molar-refractivity contribution in [3.63, 3.8) is 0 Å². The molecule has 3 unspecified atom stereocenters. The molecule has 0 aliphatic heterocycles. The van der Waals surface area contributed by atoms with Crippen molar-refractivity contribution >= 4 is 0 Å². The average molecular weight is 263 g/mol. The van der Waals surface area contributed by atoms with Crippen LogP contribution in [0.3, 0.4) is 0 Å². The van der Waals surface area contributed by atoms with Gasteiger partial charge in [-0.25, -0.2) is 0 Å². The predicted octanol–water partition coefficient (Wildman–Crippen LogP) is 2.92. The molecule has 3 heteroatoms. The van der Waals surface area contributed by atoms with Gasteiger partial charge in [0.15, 0.2) is 0 Å². The van der Waals surface area contributed by atoms with Gasteiger partial charge in [-0.3, -0.25) is 5.32 Å². The first-order valence-corrected chi connectivity index (χ1v) is 8.05.